The molecule has 26 heavy (non-hydrogen) atoms. The van der Waals surface area contributed by atoms with Gasteiger partial charge in [-0.15, -0.1) is 0 Å². The average molecular weight is 383 g/mol. The Hall–Kier alpha value is -2.82. The summed E-state index contributed by atoms with van der Waals surface area (Å²) in [5.74, 6) is 0.133. The molecule has 6 heteroatoms. The predicted molar refractivity (Wildman–Crippen MR) is 104 cm³/mol. The fourth-order valence-electron chi connectivity index (χ4n) is 2.59. The second kappa shape index (κ2) is 6.83. The minimum absolute atomic E-state index is 0.265. The summed E-state index contributed by atoms with van der Waals surface area (Å²) in [4.78, 5) is 16.9. The van der Waals surface area contributed by atoms with E-state index in [1.807, 2.05) is 24.3 Å². The molecule has 0 atom stereocenters. The zero-order valence-corrected chi connectivity index (χ0v) is 14.9. The van der Waals surface area contributed by atoms with Crippen molar-refractivity contribution in [1.29, 1.82) is 0 Å². The molecule has 1 amide bonds. The lowest BCUT2D eigenvalue weighted by molar-refractivity contribution is 0.102. The highest BCUT2D eigenvalue weighted by molar-refractivity contribution is 6.33. The molecular weight excluding hydrogens is 371 g/mol. The van der Waals surface area contributed by atoms with Crippen molar-refractivity contribution in [3.63, 3.8) is 0 Å². The molecule has 4 nitrogen and oxygen atoms in total. The first-order chi connectivity index (χ1) is 12.6. The van der Waals surface area contributed by atoms with Gasteiger partial charge in [-0.05, 0) is 48.5 Å². The van der Waals surface area contributed by atoms with Gasteiger partial charge in [0.05, 0.1) is 10.6 Å². The maximum Gasteiger partial charge on any atom is 0.255 e. The van der Waals surface area contributed by atoms with E-state index < -0.39 is 0 Å². The number of aromatic nitrogens is 1. The van der Waals surface area contributed by atoms with E-state index in [0.717, 1.165) is 5.52 Å². The fourth-order valence-corrected chi connectivity index (χ4v) is 2.98. The molecule has 4 aromatic rings. The van der Waals surface area contributed by atoms with E-state index in [0.29, 0.717) is 38.3 Å². The molecule has 0 bridgehead atoms. The Balaban J connectivity index is 1.67. The molecule has 3 aromatic carbocycles. The zero-order valence-electron chi connectivity index (χ0n) is 13.4. The molecule has 0 aliphatic heterocycles. The third kappa shape index (κ3) is 3.29. The molecule has 1 N–H and O–H groups in total. The lowest BCUT2D eigenvalue weighted by Gasteiger charge is -2.08. The Morgan fingerprint density at radius 1 is 0.962 bits per heavy atom. The summed E-state index contributed by atoms with van der Waals surface area (Å²) in [6.45, 7) is 0. The minimum Gasteiger partial charge on any atom is -0.436 e. The molecule has 0 saturated heterocycles. The van der Waals surface area contributed by atoms with Gasteiger partial charge in [-0.2, -0.15) is 0 Å². The van der Waals surface area contributed by atoms with Crippen LogP contribution >= 0.6 is 23.2 Å². The van der Waals surface area contributed by atoms with Gasteiger partial charge in [0.15, 0.2) is 5.58 Å². The number of oxazole rings is 1. The second-order valence-corrected chi connectivity index (χ2v) is 6.49. The number of carbonyl (C=O) groups is 1. The summed E-state index contributed by atoms with van der Waals surface area (Å²) in [6, 6.07) is 19.3. The number of nitrogens with one attached hydrogen (secondary N) is 1. The van der Waals surface area contributed by atoms with Gasteiger partial charge in [-0.1, -0.05) is 41.4 Å². The van der Waals surface area contributed by atoms with E-state index in [2.05, 4.69) is 10.3 Å². The number of hydrogen-bond donors (Lipinski definition) is 1. The molecule has 1 aromatic heterocycles. The van der Waals surface area contributed by atoms with Crippen molar-refractivity contribution in [2.45, 2.75) is 0 Å². The van der Waals surface area contributed by atoms with Crippen molar-refractivity contribution < 1.29 is 9.21 Å². The van der Waals surface area contributed by atoms with Crippen LogP contribution in [0.2, 0.25) is 10.0 Å². The van der Waals surface area contributed by atoms with E-state index in [-0.39, 0.29) is 5.91 Å². The van der Waals surface area contributed by atoms with Crippen molar-refractivity contribution in [2.24, 2.45) is 0 Å². The van der Waals surface area contributed by atoms with Gasteiger partial charge >= 0.3 is 0 Å². The number of nitrogens with zero attached hydrogens (tertiary/aromatic N) is 1. The van der Waals surface area contributed by atoms with Gasteiger partial charge in [0, 0.05) is 16.3 Å². The Morgan fingerprint density at radius 2 is 1.81 bits per heavy atom. The number of halogens is 2. The standard InChI is InChI=1S/C20H12Cl2N2O2/c21-13-5-3-4-12(10-13)19(25)23-14-8-9-16(22)15(11-14)20-24-17-6-1-2-7-18(17)26-20/h1-11H,(H,23,25). The summed E-state index contributed by atoms with van der Waals surface area (Å²) in [6.07, 6.45) is 0. The van der Waals surface area contributed by atoms with Crippen LogP contribution in [0.1, 0.15) is 10.4 Å². The van der Waals surface area contributed by atoms with E-state index in [1.165, 1.54) is 0 Å². The summed E-state index contributed by atoms with van der Waals surface area (Å²) in [5.41, 5.74) is 3.07. The first-order valence-corrected chi connectivity index (χ1v) is 8.58. The molecule has 0 spiro atoms. The lowest BCUT2D eigenvalue weighted by atomic mass is 10.1. The predicted octanol–water partition coefficient (Wildman–Crippen LogP) is 6.05. The van der Waals surface area contributed by atoms with Crippen molar-refractivity contribution in [1.82, 2.24) is 4.98 Å². The number of carbonyl (C=O) groups excluding carboxylic acids is 1. The number of amides is 1. The van der Waals surface area contributed by atoms with Gasteiger partial charge in [0.25, 0.3) is 5.91 Å². The van der Waals surface area contributed by atoms with E-state index >= 15 is 0 Å². The van der Waals surface area contributed by atoms with Crippen LogP contribution in [0, 0.1) is 0 Å². The minimum atomic E-state index is -0.265. The van der Waals surface area contributed by atoms with E-state index in [1.54, 1.807) is 42.5 Å². The van der Waals surface area contributed by atoms with Gasteiger partial charge < -0.3 is 9.73 Å². The largest absolute Gasteiger partial charge is 0.436 e. The highest BCUT2D eigenvalue weighted by Gasteiger charge is 2.14. The first kappa shape index (κ1) is 16.6. The zero-order chi connectivity index (χ0) is 18.1. The van der Waals surface area contributed by atoms with E-state index in [9.17, 15) is 4.79 Å². The van der Waals surface area contributed by atoms with Crippen molar-refractivity contribution in [3.05, 3.63) is 82.3 Å². The van der Waals surface area contributed by atoms with Crippen LogP contribution in [-0.4, -0.2) is 10.9 Å². The molecule has 0 unspecified atom stereocenters. The van der Waals surface area contributed by atoms with Crippen LogP contribution in [0.4, 0.5) is 5.69 Å². The highest BCUT2D eigenvalue weighted by atomic mass is 35.5. The van der Waals surface area contributed by atoms with Crippen LogP contribution < -0.4 is 5.32 Å². The molecule has 0 saturated carbocycles. The van der Waals surface area contributed by atoms with Crippen LogP contribution in [0.3, 0.4) is 0 Å². The lowest BCUT2D eigenvalue weighted by Crippen LogP contribution is -2.11. The maximum absolute atomic E-state index is 12.4. The molecule has 0 aliphatic carbocycles. The summed E-state index contributed by atoms with van der Waals surface area (Å²) < 4.78 is 5.77. The quantitative estimate of drug-likeness (QED) is 0.468. The third-order valence-electron chi connectivity index (χ3n) is 3.84. The molecule has 1 heterocycles. The van der Waals surface area contributed by atoms with Crippen molar-refractivity contribution in [2.75, 3.05) is 5.32 Å². The van der Waals surface area contributed by atoms with Crippen LogP contribution in [0.15, 0.2) is 71.1 Å². The van der Waals surface area contributed by atoms with E-state index in [4.69, 9.17) is 27.6 Å². The Kier molecular flexibility index (Phi) is 4.37. The SMILES string of the molecule is O=C(Nc1ccc(Cl)c(-c2nc3ccccc3o2)c1)c1cccc(Cl)c1. The van der Waals surface area contributed by atoms with Crippen molar-refractivity contribution in [3.8, 4) is 11.5 Å². The third-order valence-corrected chi connectivity index (χ3v) is 4.40. The number of benzene rings is 3. The Labute approximate surface area is 159 Å². The fraction of sp³-hybridized carbons (Fsp3) is 0. The highest BCUT2D eigenvalue weighted by Crippen LogP contribution is 2.32. The number of hydrogen-bond acceptors (Lipinski definition) is 3. The normalized spacial score (nSPS) is 10.8. The molecule has 0 radical (unpaired) electrons. The topological polar surface area (TPSA) is 55.1 Å². The number of para-hydroxylation sites is 2. The number of fused-ring (bicyclic) bond motifs is 1. The molecule has 128 valence electrons. The summed E-state index contributed by atoms with van der Waals surface area (Å²) >= 11 is 12.2. The van der Waals surface area contributed by atoms with Gasteiger partial charge in [0.2, 0.25) is 5.89 Å². The van der Waals surface area contributed by atoms with Crippen LogP contribution in [-0.2, 0) is 0 Å². The monoisotopic (exact) mass is 382 g/mol. The number of anilines is 1. The first-order valence-electron chi connectivity index (χ1n) is 7.82. The van der Waals surface area contributed by atoms with Gasteiger partial charge in [-0.25, -0.2) is 4.98 Å². The molecule has 0 aliphatic rings. The summed E-state index contributed by atoms with van der Waals surface area (Å²) in [5, 5.41) is 3.82. The Morgan fingerprint density at radius 3 is 2.62 bits per heavy atom. The van der Waals surface area contributed by atoms with Crippen LogP contribution in [0.5, 0.6) is 0 Å². The van der Waals surface area contributed by atoms with Gasteiger partial charge in [-0.3, -0.25) is 4.79 Å². The van der Waals surface area contributed by atoms with Gasteiger partial charge in [0.1, 0.15) is 5.52 Å². The maximum atomic E-state index is 12.4. The Bertz CT molecular complexity index is 1090. The molecule has 0 fully saturated rings. The number of rotatable bonds is 3. The van der Waals surface area contributed by atoms with Crippen molar-refractivity contribution >= 4 is 45.9 Å². The summed E-state index contributed by atoms with van der Waals surface area (Å²) in [7, 11) is 0. The van der Waals surface area contributed by atoms with Crippen LogP contribution in [0.25, 0.3) is 22.6 Å². The molecule has 4 rings (SSSR count). The molecular formula is C20H12Cl2N2O2. The average Bonchev–Trinajstić information content (AvgIpc) is 3.07. The second-order valence-electron chi connectivity index (χ2n) is 5.65. The smallest absolute Gasteiger partial charge is 0.255 e.